The van der Waals surface area contributed by atoms with Gasteiger partial charge in [0.1, 0.15) is 17.2 Å². The van der Waals surface area contributed by atoms with Gasteiger partial charge >= 0.3 is 0 Å². The number of likely N-dealkylation sites (tertiary alicyclic amines) is 1. The predicted molar refractivity (Wildman–Crippen MR) is 122 cm³/mol. The molecule has 4 rings (SSSR count). The molecule has 1 atom stereocenters. The Labute approximate surface area is 188 Å². The molecule has 9 heteroatoms. The summed E-state index contributed by atoms with van der Waals surface area (Å²) in [5.74, 6) is 1.62. The van der Waals surface area contributed by atoms with E-state index in [-0.39, 0.29) is 17.7 Å². The van der Waals surface area contributed by atoms with Crippen molar-refractivity contribution < 1.29 is 14.6 Å². The first kappa shape index (κ1) is 22.3. The Hall–Kier alpha value is -2.94. The lowest BCUT2D eigenvalue weighted by molar-refractivity contribution is -0.128. The lowest BCUT2D eigenvalue weighted by Gasteiger charge is -2.33. The summed E-state index contributed by atoms with van der Waals surface area (Å²) in [6.45, 7) is 5.32. The minimum absolute atomic E-state index is 0.175. The molecule has 2 aliphatic heterocycles. The molecular formula is C23H32N6O3. The molecule has 1 amide bonds. The van der Waals surface area contributed by atoms with Gasteiger partial charge < -0.3 is 25.0 Å². The number of nitrogens with zero attached hydrogens (tertiary/aromatic N) is 5. The number of phenolic OH excluding ortho intramolecular Hbond substituents is 1. The number of hydrogen-bond donors (Lipinski definition) is 2. The van der Waals surface area contributed by atoms with Gasteiger partial charge in [-0.1, -0.05) is 0 Å². The van der Waals surface area contributed by atoms with Gasteiger partial charge in [-0.25, -0.2) is 4.98 Å². The molecule has 0 unspecified atom stereocenters. The zero-order chi connectivity index (χ0) is 22.7. The molecule has 1 aromatic heterocycles. The zero-order valence-electron chi connectivity index (χ0n) is 19.1. The summed E-state index contributed by atoms with van der Waals surface area (Å²) in [6, 6.07) is 3.92. The van der Waals surface area contributed by atoms with Crippen LogP contribution < -0.4 is 10.1 Å². The Balaban J connectivity index is 1.37. The largest absolute Gasteiger partial charge is 0.507 e. The number of amides is 1. The van der Waals surface area contributed by atoms with Crippen molar-refractivity contribution in [2.24, 2.45) is 0 Å². The fraction of sp³-hybridized carbons (Fsp3) is 0.565. The van der Waals surface area contributed by atoms with Crippen molar-refractivity contribution >= 4 is 11.9 Å². The van der Waals surface area contributed by atoms with E-state index >= 15 is 0 Å². The molecular weight excluding hydrogens is 408 g/mol. The SMILES string of the molecule is Cc1nc(N[C@@H]2CCCN(CCCC(=O)N(C)C)C2)nnc1-c1ccc2c(c1O)CCO2. The van der Waals surface area contributed by atoms with E-state index in [1.807, 2.05) is 19.1 Å². The lowest BCUT2D eigenvalue weighted by Crippen LogP contribution is -2.43. The predicted octanol–water partition coefficient (Wildman–Crippen LogP) is 2.23. The van der Waals surface area contributed by atoms with E-state index in [0.29, 0.717) is 42.3 Å². The fourth-order valence-electron chi connectivity index (χ4n) is 4.40. The summed E-state index contributed by atoms with van der Waals surface area (Å²) >= 11 is 0. The molecule has 172 valence electrons. The second kappa shape index (κ2) is 9.68. The summed E-state index contributed by atoms with van der Waals surface area (Å²) in [4.78, 5) is 20.4. The standard InChI is InChI=1S/C23H32N6O3/c1-15-21(18-8-9-19-17(22(18)31)10-13-32-19)26-27-23(24-15)25-16-6-4-11-29(14-16)12-5-7-20(30)28(2)3/h8-9,16,31H,4-7,10-14H2,1-3H3,(H,24,25,27)/t16-/m1/s1. The highest BCUT2D eigenvalue weighted by molar-refractivity contribution is 5.75. The number of fused-ring (bicyclic) bond motifs is 1. The smallest absolute Gasteiger partial charge is 0.243 e. The first-order valence-corrected chi connectivity index (χ1v) is 11.3. The van der Waals surface area contributed by atoms with E-state index < -0.39 is 0 Å². The average Bonchev–Trinajstić information content (AvgIpc) is 3.25. The topological polar surface area (TPSA) is 104 Å². The van der Waals surface area contributed by atoms with Crippen molar-refractivity contribution in [3.05, 3.63) is 23.4 Å². The van der Waals surface area contributed by atoms with Crippen molar-refractivity contribution in [3.63, 3.8) is 0 Å². The third-order valence-electron chi connectivity index (χ3n) is 6.17. The van der Waals surface area contributed by atoms with Gasteiger partial charge in [0, 0.05) is 50.7 Å². The molecule has 0 bridgehead atoms. The molecule has 0 aliphatic carbocycles. The maximum absolute atomic E-state index is 11.8. The third-order valence-corrected chi connectivity index (χ3v) is 6.17. The average molecular weight is 441 g/mol. The zero-order valence-corrected chi connectivity index (χ0v) is 19.1. The molecule has 0 spiro atoms. The molecule has 1 fully saturated rings. The quantitative estimate of drug-likeness (QED) is 0.676. The van der Waals surface area contributed by atoms with E-state index in [0.717, 1.165) is 50.2 Å². The minimum atomic E-state index is 0.175. The van der Waals surface area contributed by atoms with Crippen molar-refractivity contribution in [3.8, 4) is 22.8 Å². The van der Waals surface area contributed by atoms with Crippen molar-refractivity contribution in [2.75, 3.05) is 45.7 Å². The van der Waals surface area contributed by atoms with Gasteiger partial charge in [0.25, 0.3) is 0 Å². The Kier molecular flexibility index (Phi) is 6.74. The summed E-state index contributed by atoms with van der Waals surface area (Å²) in [7, 11) is 3.59. The first-order valence-electron chi connectivity index (χ1n) is 11.3. The number of nitrogens with one attached hydrogen (secondary N) is 1. The van der Waals surface area contributed by atoms with Crippen LogP contribution in [0.15, 0.2) is 12.1 Å². The van der Waals surface area contributed by atoms with Gasteiger partial charge in [-0.3, -0.25) is 4.79 Å². The van der Waals surface area contributed by atoms with Crippen LogP contribution in [-0.2, 0) is 11.2 Å². The van der Waals surface area contributed by atoms with Crippen LogP contribution in [0.2, 0.25) is 0 Å². The Bertz CT molecular complexity index is 980. The summed E-state index contributed by atoms with van der Waals surface area (Å²) in [5.41, 5.74) is 2.75. The molecule has 3 heterocycles. The van der Waals surface area contributed by atoms with Crippen molar-refractivity contribution in [2.45, 2.75) is 45.1 Å². The van der Waals surface area contributed by atoms with Crippen molar-refractivity contribution in [1.82, 2.24) is 25.0 Å². The van der Waals surface area contributed by atoms with Gasteiger partial charge in [0.05, 0.1) is 12.3 Å². The maximum atomic E-state index is 11.8. The van der Waals surface area contributed by atoms with Gasteiger partial charge in [-0.15, -0.1) is 10.2 Å². The number of rotatable bonds is 7. The monoisotopic (exact) mass is 440 g/mol. The van der Waals surface area contributed by atoms with Gasteiger partial charge in [0.15, 0.2) is 0 Å². The Morgan fingerprint density at radius 1 is 1.34 bits per heavy atom. The number of carbonyl (C=O) groups is 1. The fourth-order valence-corrected chi connectivity index (χ4v) is 4.40. The second-order valence-electron chi connectivity index (χ2n) is 8.78. The molecule has 2 aromatic rings. The van der Waals surface area contributed by atoms with Crippen LogP contribution in [-0.4, -0.2) is 82.4 Å². The Morgan fingerprint density at radius 3 is 2.97 bits per heavy atom. The first-order chi connectivity index (χ1) is 15.4. The Morgan fingerprint density at radius 2 is 2.19 bits per heavy atom. The number of benzene rings is 1. The van der Waals surface area contributed by atoms with Gasteiger partial charge in [-0.2, -0.15) is 0 Å². The molecule has 2 aliphatic rings. The van der Waals surface area contributed by atoms with E-state index in [1.165, 1.54) is 0 Å². The highest BCUT2D eigenvalue weighted by atomic mass is 16.5. The minimum Gasteiger partial charge on any atom is -0.507 e. The van der Waals surface area contributed by atoms with E-state index in [1.54, 1.807) is 19.0 Å². The van der Waals surface area contributed by atoms with Crippen LogP contribution in [0, 0.1) is 6.92 Å². The highest BCUT2D eigenvalue weighted by Crippen LogP contribution is 2.40. The third kappa shape index (κ3) is 4.93. The normalized spacial score (nSPS) is 18.2. The maximum Gasteiger partial charge on any atom is 0.243 e. The van der Waals surface area contributed by atoms with Gasteiger partial charge in [-0.05, 0) is 51.4 Å². The van der Waals surface area contributed by atoms with Crippen LogP contribution in [0.1, 0.15) is 36.9 Å². The molecule has 0 saturated carbocycles. The van der Waals surface area contributed by atoms with E-state index in [2.05, 4.69) is 25.4 Å². The molecule has 1 saturated heterocycles. The molecule has 2 N–H and O–H groups in total. The summed E-state index contributed by atoms with van der Waals surface area (Å²) < 4.78 is 5.51. The van der Waals surface area contributed by atoms with Crippen LogP contribution in [0.5, 0.6) is 11.5 Å². The molecule has 1 aromatic carbocycles. The van der Waals surface area contributed by atoms with E-state index in [4.69, 9.17) is 4.74 Å². The van der Waals surface area contributed by atoms with E-state index in [9.17, 15) is 9.90 Å². The number of hydrogen-bond acceptors (Lipinski definition) is 8. The number of aromatic hydroxyl groups is 1. The van der Waals surface area contributed by atoms with Crippen LogP contribution >= 0.6 is 0 Å². The van der Waals surface area contributed by atoms with Crippen LogP contribution in [0.3, 0.4) is 0 Å². The van der Waals surface area contributed by atoms with Gasteiger partial charge in [0.2, 0.25) is 11.9 Å². The van der Waals surface area contributed by atoms with Crippen molar-refractivity contribution in [1.29, 1.82) is 0 Å². The number of aromatic nitrogens is 3. The number of anilines is 1. The number of phenols is 1. The second-order valence-corrected chi connectivity index (χ2v) is 8.78. The number of carbonyl (C=O) groups excluding carboxylic acids is 1. The summed E-state index contributed by atoms with van der Waals surface area (Å²) in [6.07, 6.45) is 4.27. The summed E-state index contributed by atoms with van der Waals surface area (Å²) in [5, 5.41) is 22.7. The lowest BCUT2D eigenvalue weighted by atomic mass is 10.0. The molecule has 0 radical (unpaired) electrons. The number of aryl methyl sites for hydroxylation is 1. The van der Waals surface area contributed by atoms with Crippen LogP contribution in [0.25, 0.3) is 11.3 Å². The molecule has 32 heavy (non-hydrogen) atoms. The number of piperidine rings is 1. The molecule has 9 nitrogen and oxygen atoms in total. The highest BCUT2D eigenvalue weighted by Gasteiger charge is 2.23. The number of ether oxygens (including phenoxy) is 1. The van der Waals surface area contributed by atoms with Crippen LogP contribution in [0.4, 0.5) is 5.95 Å².